The van der Waals surface area contributed by atoms with E-state index in [-0.39, 0.29) is 18.1 Å². The zero-order valence-corrected chi connectivity index (χ0v) is 9.14. The Labute approximate surface area is 89.7 Å². The van der Waals surface area contributed by atoms with Gasteiger partial charge < -0.3 is 4.90 Å². The Morgan fingerprint density at radius 3 is 3.13 bits per heavy atom. The minimum absolute atomic E-state index is 0.0394. The number of fused-ring (bicyclic) bond motifs is 2. The van der Waals surface area contributed by atoms with Crippen LogP contribution in [0.2, 0.25) is 0 Å². The molecule has 0 radical (unpaired) electrons. The Morgan fingerprint density at radius 2 is 2.47 bits per heavy atom. The van der Waals surface area contributed by atoms with Crippen LogP contribution in [0.15, 0.2) is 24.3 Å². The van der Waals surface area contributed by atoms with Gasteiger partial charge in [-0.25, -0.2) is 4.79 Å². The molecule has 4 heteroatoms. The molecule has 1 saturated heterocycles. The lowest BCUT2D eigenvalue weighted by Crippen LogP contribution is -2.36. The summed E-state index contributed by atoms with van der Waals surface area (Å²) in [6, 6.07) is 0.210. The Hall–Kier alpha value is -1.29. The molecular formula is C11H16N2O2. The molecule has 0 saturated carbocycles. The van der Waals surface area contributed by atoms with Gasteiger partial charge in [-0.05, 0) is 19.4 Å². The second-order valence-corrected chi connectivity index (χ2v) is 4.01. The highest BCUT2D eigenvalue weighted by molar-refractivity contribution is 5.78. The summed E-state index contributed by atoms with van der Waals surface area (Å²) in [6.07, 6.45) is 3.76. The smallest absolute Gasteiger partial charge is 0.314 e. The first kappa shape index (κ1) is 10.2. The van der Waals surface area contributed by atoms with Gasteiger partial charge in [-0.1, -0.05) is 12.2 Å². The molecule has 0 aromatic rings. The predicted octanol–water partition coefficient (Wildman–Crippen LogP) is 1.56. The van der Waals surface area contributed by atoms with Crippen molar-refractivity contribution in [1.82, 2.24) is 9.96 Å². The van der Waals surface area contributed by atoms with Crippen molar-refractivity contribution in [2.24, 2.45) is 0 Å². The van der Waals surface area contributed by atoms with Crippen molar-refractivity contribution in [3.8, 4) is 0 Å². The number of carbonyl (C=O) groups excluding carboxylic acids is 1. The first-order valence-corrected chi connectivity index (χ1v) is 5.17. The highest BCUT2D eigenvalue weighted by atomic mass is 16.7. The normalized spacial score (nSPS) is 29.5. The maximum Gasteiger partial charge on any atom is 0.345 e. The number of carbonyl (C=O) groups is 1. The van der Waals surface area contributed by atoms with Crippen LogP contribution < -0.4 is 0 Å². The summed E-state index contributed by atoms with van der Waals surface area (Å²) in [7, 11) is 0. The largest absolute Gasteiger partial charge is 0.345 e. The van der Waals surface area contributed by atoms with Crippen LogP contribution >= 0.6 is 0 Å². The number of hydroxylamine groups is 2. The Kier molecular flexibility index (Phi) is 2.52. The third-order valence-electron chi connectivity index (χ3n) is 2.94. The zero-order chi connectivity index (χ0) is 11.0. The summed E-state index contributed by atoms with van der Waals surface area (Å²) >= 11 is 0. The van der Waals surface area contributed by atoms with Crippen LogP contribution in [-0.4, -0.2) is 41.2 Å². The second kappa shape index (κ2) is 3.70. The van der Waals surface area contributed by atoms with Gasteiger partial charge in [0.1, 0.15) is 0 Å². The molecule has 15 heavy (non-hydrogen) atoms. The van der Waals surface area contributed by atoms with Crippen molar-refractivity contribution in [3.05, 3.63) is 24.3 Å². The number of hydrogen-bond donors (Lipinski definition) is 0. The average Bonchev–Trinajstić information content (AvgIpc) is 2.48. The van der Waals surface area contributed by atoms with Crippen LogP contribution in [0.1, 0.15) is 13.8 Å². The van der Waals surface area contributed by atoms with E-state index in [2.05, 4.69) is 12.7 Å². The molecule has 2 atom stereocenters. The quantitative estimate of drug-likeness (QED) is 0.659. The Morgan fingerprint density at radius 1 is 1.73 bits per heavy atom. The monoisotopic (exact) mass is 208 g/mol. The third-order valence-corrected chi connectivity index (χ3v) is 2.94. The van der Waals surface area contributed by atoms with E-state index in [1.165, 1.54) is 10.6 Å². The van der Waals surface area contributed by atoms with Crippen LogP contribution in [0.3, 0.4) is 0 Å². The summed E-state index contributed by atoms with van der Waals surface area (Å²) in [5, 5.41) is 1.47. The number of urea groups is 1. The lowest BCUT2D eigenvalue weighted by molar-refractivity contribution is -0.109. The SMILES string of the molecule is C=CCON1C(=O)N2C[C@@H]1C(C)=C[C@H]2C. The van der Waals surface area contributed by atoms with E-state index in [1.54, 1.807) is 6.08 Å². The summed E-state index contributed by atoms with van der Waals surface area (Å²) in [4.78, 5) is 19.1. The molecule has 2 heterocycles. The molecule has 2 rings (SSSR count). The zero-order valence-electron chi connectivity index (χ0n) is 9.14. The molecule has 2 aliphatic rings. The number of rotatable bonds is 3. The molecule has 2 aliphatic heterocycles. The lowest BCUT2D eigenvalue weighted by atomic mass is 10.0. The van der Waals surface area contributed by atoms with Gasteiger partial charge in [-0.3, -0.25) is 4.84 Å². The third kappa shape index (κ3) is 1.55. The van der Waals surface area contributed by atoms with Crippen LogP contribution in [-0.2, 0) is 4.84 Å². The van der Waals surface area contributed by atoms with Gasteiger partial charge in [-0.2, -0.15) is 5.06 Å². The van der Waals surface area contributed by atoms with Gasteiger partial charge in [-0.15, -0.1) is 6.58 Å². The van der Waals surface area contributed by atoms with E-state index in [1.807, 2.05) is 18.7 Å². The van der Waals surface area contributed by atoms with E-state index < -0.39 is 0 Å². The van der Waals surface area contributed by atoms with Crippen molar-refractivity contribution in [2.45, 2.75) is 25.9 Å². The van der Waals surface area contributed by atoms with Gasteiger partial charge in [0.25, 0.3) is 0 Å². The summed E-state index contributed by atoms with van der Waals surface area (Å²) in [6.45, 7) is 8.75. The molecule has 0 spiro atoms. The highest BCUT2D eigenvalue weighted by Crippen LogP contribution is 2.29. The minimum atomic E-state index is -0.0394. The minimum Gasteiger partial charge on any atom is -0.314 e. The summed E-state index contributed by atoms with van der Waals surface area (Å²) < 4.78 is 0. The number of hydrogen-bond acceptors (Lipinski definition) is 2. The van der Waals surface area contributed by atoms with E-state index in [0.29, 0.717) is 6.61 Å². The molecule has 0 aliphatic carbocycles. The van der Waals surface area contributed by atoms with Gasteiger partial charge >= 0.3 is 6.03 Å². The topological polar surface area (TPSA) is 32.8 Å². The van der Waals surface area contributed by atoms with E-state index in [9.17, 15) is 4.79 Å². The molecule has 1 fully saturated rings. The molecule has 0 unspecified atom stereocenters. The molecular weight excluding hydrogens is 192 g/mol. The summed E-state index contributed by atoms with van der Waals surface area (Å²) in [5.41, 5.74) is 1.20. The highest BCUT2D eigenvalue weighted by Gasteiger charge is 2.43. The van der Waals surface area contributed by atoms with Crippen molar-refractivity contribution in [1.29, 1.82) is 0 Å². The fourth-order valence-corrected chi connectivity index (χ4v) is 2.13. The molecule has 82 valence electrons. The van der Waals surface area contributed by atoms with Crippen molar-refractivity contribution in [2.75, 3.05) is 13.2 Å². The van der Waals surface area contributed by atoms with Crippen molar-refractivity contribution in [3.63, 3.8) is 0 Å². The molecule has 2 amide bonds. The average molecular weight is 208 g/mol. The predicted molar refractivity (Wildman–Crippen MR) is 57.1 cm³/mol. The fourth-order valence-electron chi connectivity index (χ4n) is 2.13. The lowest BCUT2D eigenvalue weighted by Gasteiger charge is -2.25. The van der Waals surface area contributed by atoms with Crippen LogP contribution in [0.4, 0.5) is 4.79 Å². The standard InChI is InChI=1S/C11H16N2O2/c1-4-5-15-13-10-7-12(11(13)14)9(3)6-8(10)2/h4,6,9-10H,1,5,7H2,2-3H3/t9-,10-/m1/s1. The van der Waals surface area contributed by atoms with Crippen molar-refractivity contribution >= 4 is 6.03 Å². The second-order valence-electron chi connectivity index (χ2n) is 4.01. The van der Waals surface area contributed by atoms with E-state index in [0.717, 1.165) is 6.54 Å². The first-order chi connectivity index (χ1) is 7.15. The Balaban J connectivity index is 2.18. The van der Waals surface area contributed by atoms with Gasteiger partial charge in [0, 0.05) is 12.6 Å². The van der Waals surface area contributed by atoms with Crippen LogP contribution in [0, 0.1) is 0 Å². The Bertz CT molecular complexity index is 325. The van der Waals surface area contributed by atoms with Crippen LogP contribution in [0.5, 0.6) is 0 Å². The molecule has 4 nitrogen and oxygen atoms in total. The van der Waals surface area contributed by atoms with Gasteiger partial charge in [0.2, 0.25) is 0 Å². The maximum atomic E-state index is 11.9. The first-order valence-electron chi connectivity index (χ1n) is 5.17. The van der Waals surface area contributed by atoms with Crippen molar-refractivity contribution < 1.29 is 9.63 Å². The van der Waals surface area contributed by atoms with Gasteiger partial charge in [0.15, 0.2) is 0 Å². The van der Waals surface area contributed by atoms with E-state index in [4.69, 9.17) is 4.84 Å². The fraction of sp³-hybridized carbons (Fsp3) is 0.545. The molecule has 0 aromatic heterocycles. The molecule has 0 N–H and O–H groups in total. The number of amides is 2. The molecule has 2 bridgehead atoms. The molecule has 0 aromatic carbocycles. The maximum absolute atomic E-state index is 11.9. The van der Waals surface area contributed by atoms with Gasteiger partial charge in [0.05, 0.1) is 12.6 Å². The van der Waals surface area contributed by atoms with E-state index >= 15 is 0 Å². The number of nitrogens with zero attached hydrogens (tertiary/aromatic N) is 2. The van der Waals surface area contributed by atoms with Crippen LogP contribution in [0.25, 0.3) is 0 Å². The summed E-state index contributed by atoms with van der Waals surface area (Å²) in [5.74, 6) is 0.